The monoisotopic (exact) mass is 425 g/mol. The Bertz CT molecular complexity index is 344. The second kappa shape index (κ2) is 9.93. The van der Waals surface area contributed by atoms with Crippen LogP contribution in [0.1, 0.15) is 40.0 Å². The van der Waals surface area contributed by atoms with Crippen LogP contribution in [0, 0.1) is 5.41 Å². The smallest absolute Gasteiger partial charge is 0.193 e. The van der Waals surface area contributed by atoms with Gasteiger partial charge < -0.3 is 19.7 Å². The van der Waals surface area contributed by atoms with Crippen LogP contribution in [-0.2, 0) is 9.47 Å². The summed E-state index contributed by atoms with van der Waals surface area (Å²) in [6.07, 6.45) is 3.72. The summed E-state index contributed by atoms with van der Waals surface area (Å²) in [5.41, 5.74) is 0.386. The molecule has 0 amide bonds. The van der Waals surface area contributed by atoms with E-state index in [1.54, 1.807) is 0 Å². The van der Waals surface area contributed by atoms with Gasteiger partial charge in [-0.05, 0) is 40.0 Å². The Morgan fingerprint density at radius 1 is 1.41 bits per heavy atom. The van der Waals surface area contributed by atoms with Crippen molar-refractivity contribution in [2.45, 2.75) is 46.1 Å². The number of halogens is 1. The first-order chi connectivity index (χ1) is 10.2. The van der Waals surface area contributed by atoms with E-state index in [-0.39, 0.29) is 24.0 Å². The van der Waals surface area contributed by atoms with Crippen LogP contribution in [0.15, 0.2) is 4.99 Å². The Kier molecular flexibility index (Phi) is 9.01. The van der Waals surface area contributed by atoms with E-state index in [1.807, 2.05) is 0 Å². The van der Waals surface area contributed by atoms with Gasteiger partial charge in [-0.3, -0.25) is 4.99 Å². The minimum atomic E-state index is 0. The second-order valence-corrected chi connectivity index (χ2v) is 6.48. The maximum Gasteiger partial charge on any atom is 0.193 e. The van der Waals surface area contributed by atoms with Crippen molar-refractivity contribution < 1.29 is 9.47 Å². The van der Waals surface area contributed by atoms with Gasteiger partial charge in [-0.1, -0.05) is 0 Å². The molecule has 22 heavy (non-hydrogen) atoms. The van der Waals surface area contributed by atoms with Gasteiger partial charge in [0.05, 0.1) is 12.7 Å². The molecule has 1 N–H and O–H groups in total. The van der Waals surface area contributed by atoms with Crippen LogP contribution in [0.2, 0.25) is 0 Å². The number of hydrogen-bond donors (Lipinski definition) is 1. The van der Waals surface area contributed by atoms with Gasteiger partial charge in [0.1, 0.15) is 0 Å². The van der Waals surface area contributed by atoms with E-state index >= 15 is 0 Å². The van der Waals surface area contributed by atoms with Crippen LogP contribution in [0.25, 0.3) is 0 Å². The van der Waals surface area contributed by atoms with E-state index in [0.29, 0.717) is 11.5 Å². The van der Waals surface area contributed by atoms with Crippen LogP contribution in [-0.4, -0.2) is 63.0 Å². The highest BCUT2D eigenvalue weighted by Crippen LogP contribution is 2.38. The molecule has 2 aliphatic heterocycles. The zero-order valence-electron chi connectivity index (χ0n) is 14.3. The average molecular weight is 425 g/mol. The van der Waals surface area contributed by atoms with Gasteiger partial charge in [-0.2, -0.15) is 0 Å². The largest absolute Gasteiger partial charge is 0.381 e. The highest BCUT2D eigenvalue weighted by molar-refractivity contribution is 14.0. The molecule has 6 heteroatoms. The molecular weight excluding hydrogens is 393 g/mol. The standard InChI is InChI=1S/C16H31N3O2.HI/c1-4-17-15(18-8-5-10-21-14(2)3)19-9-6-16(12-19)7-11-20-13-16;/h14H,4-13H2,1-3H3,(H,17,18);1H. The summed E-state index contributed by atoms with van der Waals surface area (Å²) in [4.78, 5) is 7.16. The molecule has 1 atom stereocenters. The molecule has 130 valence electrons. The van der Waals surface area contributed by atoms with E-state index < -0.39 is 0 Å². The Balaban J connectivity index is 0.00000242. The number of nitrogens with zero attached hydrogens (tertiary/aromatic N) is 2. The average Bonchev–Trinajstić information content (AvgIpc) is 3.08. The van der Waals surface area contributed by atoms with Gasteiger partial charge in [-0.15, -0.1) is 24.0 Å². The van der Waals surface area contributed by atoms with E-state index in [1.165, 1.54) is 12.8 Å². The lowest BCUT2D eigenvalue weighted by Gasteiger charge is -2.25. The molecule has 2 saturated heterocycles. The van der Waals surface area contributed by atoms with Crippen molar-refractivity contribution in [2.24, 2.45) is 10.4 Å². The van der Waals surface area contributed by atoms with Crippen molar-refractivity contribution in [3.63, 3.8) is 0 Å². The molecule has 0 aromatic heterocycles. The molecule has 0 aromatic carbocycles. The predicted molar refractivity (Wildman–Crippen MR) is 101 cm³/mol. The fraction of sp³-hybridized carbons (Fsp3) is 0.938. The predicted octanol–water partition coefficient (Wildman–Crippen LogP) is 2.50. The normalized spacial score (nSPS) is 25.1. The van der Waals surface area contributed by atoms with Crippen molar-refractivity contribution in [2.75, 3.05) is 46.0 Å². The van der Waals surface area contributed by atoms with Crippen LogP contribution in [0.5, 0.6) is 0 Å². The number of ether oxygens (including phenoxy) is 2. The summed E-state index contributed by atoms with van der Waals surface area (Å²) < 4.78 is 11.2. The van der Waals surface area contributed by atoms with Gasteiger partial charge >= 0.3 is 0 Å². The molecule has 2 fully saturated rings. The number of rotatable bonds is 6. The fourth-order valence-electron chi connectivity index (χ4n) is 3.08. The third-order valence-electron chi connectivity index (χ3n) is 4.27. The molecule has 1 unspecified atom stereocenters. The van der Waals surface area contributed by atoms with Crippen molar-refractivity contribution in [3.8, 4) is 0 Å². The minimum Gasteiger partial charge on any atom is -0.381 e. The van der Waals surface area contributed by atoms with E-state index in [9.17, 15) is 0 Å². The quantitative estimate of drug-likeness (QED) is 0.308. The van der Waals surface area contributed by atoms with Crippen LogP contribution in [0.4, 0.5) is 0 Å². The lowest BCUT2D eigenvalue weighted by Crippen LogP contribution is -2.41. The van der Waals surface area contributed by atoms with Crippen molar-refractivity contribution in [1.82, 2.24) is 10.2 Å². The van der Waals surface area contributed by atoms with Gasteiger partial charge in [-0.25, -0.2) is 0 Å². The third-order valence-corrected chi connectivity index (χ3v) is 4.27. The fourth-order valence-corrected chi connectivity index (χ4v) is 3.08. The van der Waals surface area contributed by atoms with Crippen LogP contribution >= 0.6 is 24.0 Å². The van der Waals surface area contributed by atoms with Gasteiger partial charge in [0.2, 0.25) is 0 Å². The molecule has 0 aromatic rings. The molecule has 0 aliphatic carbocycles. The first kappa shape index (κ1) is 20.0. The maximum atomic E-state index is 5.60. The van der Waals surface area contributed by atoms with Crippen molar-refractivity contribution in [1.29, 1.82) is 0 Å². The molecule has 2 heterocycles. The third kappa shape index (κ3) is 5.85. The maximum absolute atomic E-state index is 5.60. The molecule has 2 aliphatic rings. The Morgan fingerprint density at radius 2 is 2.23 bits per heavy atom. The highest BCUT2D eigenvalue weighted by atomic mass is 127. The summed E-state index contributed by atoms with van der Waals surface area (Å²) in [6, 6.07) is 0. The number of likely N-dealkylation sites (tertiary alicyclic amines) is 1. The summed E-state index contributed by atoms with van der Waals surface area (Å²) in [7, 11) is 0. The number of nitrogens with one attached hydrogen (secondary N) is 1. The molecule has 1 spiro atoms. The van der Waals surface area contributed by atoms with Crippen LogP contribution < -0.4 is 5.32 Å². The first-order valence-corrected chi connectivity index (χ1v) is 8.38. The van der Waals surface area contributed by atoms with Crippen molar-refractivity contribution >= 4 is 29.9 Å². The minimum absolute atomic E-state index is 0. The number of hydrogen-bond acceptors (Lipinski definition) is 3. The molecule has 2 rings (SSSR count). The molecule has 0 radical (unpaired) electrons. The topological polar surface area (TPSA) is 46.1 Å². The van der Waals surface area contributed by atoms with E-state index in [4.69, 9.17) is 14.5 Å². The second-order valence-electron chi connectivity index (χ2n) is 6.48. The molecule has 0 bridgehead atoms. The van der Waals surface area contributed by atoms with Crippen LogP contribution in [0.3, 0.4) is 0 Å². The lowest BCUT2D eigenvalue weighted by molar-refractivity contribution is 0.0782. The van der Waals surface area contributed by atoms with Crippen molar-refractivity contribution in [3.05, 3.63) is 0 Å². The van der Waals surface area contributed by atoms with E-state index in [0.717, 1.165) is 58.4 Å². The summed E-state index contributed by atoms with van der Waals surface area (Å²) in [5.74, 6) is 1.06. The number of guanidine groups is 1. The lowest BCUT2D eigenvalue weighted by atomic mass is 9.87. The first-order valence-electron chi connectivity index (χ1n) is 8.38. The van der Waals surface area contributed by atoms with Gasteiger partial charge in [0.15, 0.2) is 5.96 Å². The van der Waals surface area contributed by atoms with Gasteiger partial charge in [0, 0.05) is 44.8 Å². The van der Waals surface area contributed by atoms with Gasteiger partial charge in [0.25, 0.3) is 0 Å². The Labute approximate surface area is 152 Å². The summed E-state index contributed by atoms with van der Waals surface area (Å²) >= 11 is 0. The number of aliphatic imine (C=N–C) groups is 1. The highest BCUT2D eigenvalue weighted by Gasteiger charge is 2.42. The summed E-state index contributed by atoms with van der Waals surface area (Å²) in [5, 5.41) is 3.42. The SMILES string of the molecule is CCNC(=NCCCOC(C)C)N1CCC2(CCOC2)C1.I. The molecule has 0 saturated carbocycles. The molecular formula is C16H32IN3O2. The Morgan fingerprint density at radius 3 is 2.86 bits per heavy atom. The van der Waals surface area contributed by atoms with E-state index in [2.05, 4.69) is 31.0 Å². The zero-order chi connectivity index (χ0) is 15.1. The zero-order valence-corrected chi connectivity index (χ0v) is 16.6. The molecule has 5 nitrogen and oxygen atoms in total. The summed E-state index contributed by atoms with van der Waals surface area (Å²) in [6.45, 7) is 12.8. The Hall–Kier alpha value is -0.0800.